The zero-order valence-corrected chi connectivity index (χ0v) is 23.1. The van der Waals surface area contributed by atoms with Crippen molar-refractivity contribution in [3.63, 3.8) is 0 Å². The summed E-state index contributed by atoms with van der Waals surface area (Å²) in [7, 11) is 1.53. The Labute approximate surface area is 234 Å². The molecule has 2 aromatic rings. The highest BCUT2D eigenvalue weighted by molar-refractivity contribution is 5.87. The molecule has 0 saturated carbocycles. The zero-order valence-electron chi connectivity index (χ0n) is 23.1. The Morgan fingerprint density at radius 3 is 2.08 bits per heavy atom. The highest BCUT2D eigenvalue weighted by Crippen LogP contribution is 2.14. The second kappa shape index (κ2) is 16.8. The minimum Gasteiger partial charge on any atom is -0.497 e. The van der Waals surface area contributed by atoms with Gasteiger partial charge in [-0.1, -0.05) is 56.3 Å². The molecule has 3 atom stereocenters. The normalized spacial score (nSPS) is 13.1. The van der Waals surface area contributed by atoms with Crippen LogP contribution >= 0.6 is 0 Å². The van der Waals surface area contributed by atoms with Gasteiger partial charge in [-0.25, -0.2) is 9.59 Å². The van der Waals surface area contributed by atoms with Crippen molar-refractivity contribution >= 4 is 23.9 Å². The Hall–Kier alpha value is -4.12. The van der Waals surface area contributed by atoms with Crippen molar-refractivity contribution in [1.82, 2.24) is 16.0 Å². The molecule has 0 aromatic heterocycles. The number of amides is 2. The standard InChI is InChI=1S/C29H39N3O8/c1-19(2)16-24(26(33)32-25(28(36)37)17-20-11-13-22(39-3)14-12-20)31-23(27(34)35)10-7-15-30-29(38)40-18-21-8-5-4-6-9-21/h4-6,8-9,11-14,19,23-25,31H,7,10,15-18H2,1-3H3,(H,30,38)(H,32,33)(H,34,35)(H,36,37)/t23-,24+,25+/m1/s1. The number of carbonyl (C=O) groups is 4. The molecule has 0 aliphatic rings. The molecular weight excluding hydrogens is 518 g/mol. The fourth-order valence-corrected chi connectivity index (χ4v) is 3.98. The number of nitrogens with one attached hydrogen (secondary N) is 3. The number of carboxylic acids is 2. The first kappa shape index (κ1) is 32.1. The van der Waals surface area contributed by atoms with E-state index < -0.39 is 42.1 Å². The van der Waals surface area contributed by atoms with E-state index in [1.165, 1.54) is 7.11 Å². The van der Waals surface area contributed by atoms with Gasteiger partial charge in [-0.05, 0) is 48.4 Å². The van der Waals surface area contributed by atoms with Crippen molar-refractivity contribution in [2.24, 2.45) is 5.92 Å². The molecule has 2 aromatic carbocycles. The van der Waals surface area contributed by atoms with Crippen LogP contribution in [0.1, 0.15) is 44.2 Å². The van der Waals surface area contributed by atoms with Gasteiger partial charge in [0, 0.05) is 13.0 Å². The van der Waals surface area contributed by atoms with E-state index >= 15 is 0 Å². The minimum atomic E-state index is -1.20. The maximum Gasteiger partial charge on any atom is 0.407 e. The predicted molar refractivity (Wildman–Crippen MR) is 148 cm³/mol. The molecule has 11 nitrogen and oxygen atoms in total. The van der Waals surface area contributed by atoms with Crippen molar-refractivity contribution in [3.05, 3.63) is 65.7 Å². The summed E-state index contributed by atoms with van der Waals surface area (Å²) in [6, 6.07) is 12.8. The van der Waals surface area contributed by atoms with E-state index in [-0.39, 0.29) is 31.9 Å². The second-order valence-electron chi connectivity index (χ2n) is 9.82. The van der Waals surface area contributed by atoms with Gasteiger partial charge in [0.05, 0.1) is 13.2 Å². The van der Waals surface area contributed by atoms with Crippen LogP contribution in [0.2, 0.25) is 0 Å². The minimum absolute atomic E-state index is 0.0311. The Bertz CT molecular complexity index is 1090. The first-order valence-electron chi connectivity index (χ1n) is 13.2. The number of rotatable bonds is 17. The average molecular weight is 558 g/mol. The molecule has 2 rings (SSSR count). The van der Waals surface area contributed by atoms with Gasteiger partial charge in [-0.3, -0.25) is 14.9 Å². The third kappa shape index (κ3) is 11.7. The van der Waals surface area contributed by atoms with E-state index in [1.807, 2.05) is 44.2 Å². The van der Waals surface area contributed by atoms with Crippen molar-refractivity contribution in [2.45, 2.75) is 64.3 Å². The van der Waals surface area contributed by atoms with Gasteiger partial charge in [0.15, 0.2) is 0 Å². The highest BCUT2D eigenvalue weighted by Gasteiger charge is 2.30. The van der Waals surface area contributed by atoms with E-state index in [2.05, 4.69) is 16.0 Å². The van der Waals surface area contributed by atoms with Crippen molar-refractivity contribution < 1.29 is 38.9 Å². The molecule has 0 aliphatic carbocycles. The topological polar surface area (TPSA) is 163 Å². The number of methoxy groups -OCH3 is 1. The van der Waals surface area contributed by atoms with E-state index in [0.717, 1.165) is 5.56 Å². The lowest BCUT2D eigenvalue weighted by atomic mass is 9.99. The van der Waals surface area contributed by atoms with Gasteiger partial charge in [0.25, 0.3) is 0 Å². The van der Waals surface area contributed by atoms with Crippen LogP contribution in [0, 0.1) is 5.92 Å². The molecule has 0 fully saturated rings. The first-order valence-corrected chi connectivity index (χ1v) is 13.2. The van der Waals surface area contributed by atoms with Gasteiger partial charge in [0.2, 0.25) is 5.91 Å². The molecule has 11 heteroatoms. The van der Waals surface area contributed by atoms with Crippen LogP contribution in [-0.4, -0.2) is 65.9 Å². The molecule has 40 heavy (non-hydrogen) atoms. The number of ether oxygens (including phenoxy) is 2. The van der Waals surface area contributed by atoms with Crippen LogP contribution in [0.3, 0.4) is 0 Å². The van der Waals surface area contributed by atoms with Crippen LogP contribution in [0.25, 0.3) is 0 Å². The fourth-order valence-electron chi connectivity index (χ4n) is 3.98. The van der Waals surface area contributed by atoms with Crippen LogP contribution in [-0.2, 0) is 32.1 Å². The Balaban J connectivity index is 1.92. The van der Waals surface area contributed by atoms with Crippen molar-refractivity contribution in [3.8, 4) is 5.75 Å². The molecule has 0 heterocycles. The molecule has 0 bridgehead atoms. The van der Waals surface area contributed by atoms with Crippen LogP contribution in [0.4, 0.5) is 4.79 Å². The van der Waals surface area contributed by atoms with Gasteiger partial charge < -0.3 is 30.3 Å². The average Bonchev–Trinajstić information content (AvgIpc) is 2.93. The lowest BCUT2D eigenvalue weighted by Gasteiger charge is -2.26. The van der Waals surface area contributed by atoms with E-state index in [0.29, 0.717) is 24.2 Å². The number of carbonyl (C=O) groups excluding carboxylic acids is 2. The molecular formula is C29H39N3O8. The Morgan fingerprint density at radius 1 is 0.850 bits per heavy atom. The molecule has 0 saturated heterocycles. The summed E-state index contributed by atoms with van der Waals surface area (Å²) in [6.45, 7) is 4.07. The van der Waals surface area contributed by atoms with Gasteiger partial charge in [0.1, 0.15) is 24.4 Å². The van der Waals surface area contributed by atoms with E-state index in [1.54, 1.807) is 24.3 Å². The van der Waals surface area contributed by atoms with Crippen molar-refractivity contribution in [1.29, 1.82) is 0 Å². The molecule has 0 aliphatic heterocycles. The summed E-state index contributed by atoms with van der Waals surface area (Å²) in [5, 5.41) is 27.5. The molecule has 0 unspecified atom stereocenters. The third-order valence-corrected chi connectivity index (χ3v) is 6.09. The summed E-state index contributed by atoms with van der Waals surface area (Å²) < 4.78 is 10.3. The van der Waals surface area contributed by atoms with Gasteiger partial charge in [-0.2, -0.15) is 0 Å². The predicted octanol–water partition coefficient (Wildman–Crippen LogP) is 2.97. The van der Waals surface area contributed by atoms with E-state index in [9.17, 15) is 29.4 Å². The number of hydrogen-bond donors (Lipinski definition) is 5. The third-order valence-electron chi connectivity index (χ3n) is 6.09. The summed E-state index contributed by atoms with van der Waals surface area (Å²) in [6.07, 6.45) is 0.180. The monoisotopic (exact) mass is 557 g/mol. The maximum absolute atomic E-state index is 13.1. The molecule has 2 amide bonds. The summed E-state index contributed by atoms with van der Waals surface area (Å²) in [5.41, 5.74) is 1.54. The van der Waals surface area contributed by atoms with Crippen LogP contribution < -0.4 is 20.7 Å². The number of hydrogen-bond acceptors (Lipinski definition) is 7. The SMILES string of the molecule is COc1ccc(C[C@H](NC(=O)[C@H](CC(C)C)N[C@H](CCCNC(=O)OCc2ccccc2)C(=O)O)C(=O)O)cc1. The first-order chi connectivity index (χ1) is 19.1. The zero-order chi connectivity index (χ0) is 29.5. The van der Waals surface area contributed by atoms with E-state index in [4.69, 9.17) is 9.47 Å². The summed E-state index contributed by atoms with van der Waals surface area (Å²) >= 11 is 0. The number of carboxylic acid groups (broad SMARTS) is 2. The Morgan fingerprint density at radius 2 is 1.50 bits per heavy atom. The quantitative estimate of drug-likeness (QED) is 0.184. The lowest BCUT2D eigenvalue weighted by molar-refractivity contribution is -0.143. The largest absolute Gasteiger partial charge is 0.497 e. The van der Waals surface area contributed by atoms with Gasteiger partial charge in [-0.15, -0.1) is 0 Å². The molecule has 0 radical (unpaired) electrons. The molecule has 0 spiro atoms. The van der Waals surface area contributed by atoms with Crippen molar-refractivity contribution in [2.75, 3.05) is 13.7 Å². The fraction of sp³-hybridized carbons (Fsp3) is 0.448. The van der Waals surface area contributed by atoms with Crippen LogP contribution in [0.15, 0.2) is 54.6 Å². The smallest absolute Gasteiger partial charge is 0.407 e. The second-order valence-corrected chi connectivity index (χ2v) is 9.82. The molecule has 218 valence electrons. The summed E-state index contributed by atoms with van der Waals surface area (Å²) in [4.78, 5) is 48.9. The number of aliphatic carboxylic acids is 2. The lowest BCUT2D eigenvalue weighted by Crippen LogP contribution is -2.55. The summed E-state index contributed by atoms with van der Waals surface area (Å²) in [5.74, 6) is -2.29. The number of benzene rings is 2. The van der Waals surface area contributed by atoms with Gasteiger partial charge >= 0.3 is 18.0 Å². The van der Waals surface area contributed by atoms with Crippen LogP contribution in [0.5, 0.6) is 5.75 Å². The highest BCUT2D eigenvalue weighted by atomic mass is 16.5. The number of alkyl carbamates (subject to hydrolysis) is 1. The Kier molecular flexibility index (Phi) is 13.4. The maximum atomic E-state index is 13.1. The molecule has 5 N–H and O–H groups in total.